The molecule has 0 unspecified atom stereocenters. The summed E-state index contributed by atoms with van der Waals surface area (Å²) in [7, 11) is 0. The van der Waals surface area contributed by atoms with Gasteiger partial charge < -0.3 is 0 Å². The van der Waals surface area contributed by atoms with Gasteiger partial charge >= 0.3 is 0 Å². The van der Waals surface area contributed by atoms with E-state index in [2.05, 4.69) is 170 Å². The first-order valence-electron chi connectivity index (χ1n) is 14.5. The molecule has 0 amide bonds. The summed E-state index contributed by atoms with van der Waals surface area (Å²) in [6, 6.07) is 61.7. The second-order valence-electron chi connectivity index (χ2n) is 10.9. The predicted molar refractivity (Wildman–Crippen MR) is 181 cm³/mol. The minimum atomic E-state index is 1.22. The average Bonchev–Trinajstić information content (AvgIpc) is 3.07. The zero-order chi connectivity index (χ0) is 27.9. The van der Waals surface area contributed by atoms with Crippen LogP contribution in [0.5, 0.6) is 0 Å². The molecule has 0 radical (unpaired) electrons. The van der Waals surface area contributed by atoms with Crippen molar-refractivity contribution in [1.82, 2.24) is 0 Å². The van der Waals surface area contributed by atoms with Gasteiger partial charge in [-0.3, -0.25) is 0 Å². The van der Waals surface area contributed by atoms with E-state index in [0.29, 0.717) is 0 Å². The lowest BCUT2D eigenvalue weighted by Gasteiger charge is -2.19. The highest BCUT2D eigenvalue weighted by Crippen LogP contribution is 2.45. The molecule has 0 aliphatic heterocycles. The Balaban J connectivity index is 1.38. The van der Waals surface area contributed by atoms with E-state index in [1.807, 2.05) is 0 Å². The van der Waals surface area contributed by atoms with Gasteiger partial charge in [0.1, 0.15) is 0 Å². The number of benzene rings is 8. The number of hydrogen-bond donors (Lipinski definition) is 0. The molecule has 8 aromatic carbocycles. The normalized spacial score (nSPS) is 11.3. The monoisotopic (exact) mass is 532 g/mol. The van der Waals surface area contributed by atoms with Crippen LogP contribution < -0.4 is 0 Å². The third-order valence-electron chi connectivity index (χ3n) is 8.44. The Bertz CT molecular complexity index is 2180. The summed E-state index contributed by atoms with van der Waals surface area (Å²) < 4.78 is 0. The quantitative estimate of drug-likeness (QED) is 0.198. The van der Waals surface area contributed by atoms with Gasteiger partial charge in [-0.2, -0.15) is 0 Å². The van der Waals surface area contributed by atoms with Crippen LogP contribution in [0.25, 0.3) is 76.8 Å². The Morgan fingerprint density at radius 1 is 0.238 bits per heavy atom. The molecule has 0 aromatic heterocycles. The minimum absolute atomic E-state index is 1.22. The Kier molecular flexibility index (Phi) is 5.90. The molecular formula is C42H28. The molecule has 8 aromatic rings. The first kappa shape index (κ1) is 24.3. The largest absolute Gasteiger partial charge is 0.0622 e. The lowest BCUT2D eigenvalue weighted by Crippen LogP contribution is -1.92. The number of rotatable bonds is 4. The summed E-state index contributed by atoms with van der Waals surface area (Å²) in [6.07, 6.45) is 0. The fourth-order valence-electron chi connectivity index (χ4n) is 6.54. The van der Waals surface area contributed by atoms with Gasteiger partial charge in [0, 0.05) is 0 Å². The fraction of sp³-hybridized carbons (Fsp3) is 0. The van der Waals surface area contributed by atoms with Crippen molar-refractivity contribution in [1.29, 1.82) is 0 Å². The molecule has 0 fully saturated rings. The van der Waals surface area contributed by atoms with E-state index in [-0.39, 0.29) is 0 Å². The second-order valence-corrected chi connectivity index (χ2v) is 10.9. The Labute approximate surface area is 246 Å². The molecule has 0 aliphatic rings. The molecule has 0 heterocycles. The highest BCUT2D eigenvalue weighted by atomic mass is 14.2. The Morgan fingerprint density at radius 3 is 1.29 bits per heavy atom. The molecule has 0 aliphatic carbocycles. The summed E-state index contributed by atoms with van der Waals surface area (Å²) >= 11 is 0. The van der Waals surface area contributed by atoms with E-state index < -0.39 is 0 Å². The SMILES string of the molecule is c1ccc(-c2cccc(-c3cccc(-c4c5ccccc5c(-c5cccc6ccccc56)c5ccccc45)c3)c2)cc1. The molecule has 196 valence electrons. The van der Waals surface area contributed by atoms with E-state index in [9.17, 15) is 0 Å². The van der Waals surface area contributed by atoms with Crippen molar-refractivity contribution in [3.63, 3.8) is 0 Å². The van der Waals surface area contributed by atoms with Crippen LogP contribution in [-0.4, -0.2) is 0 Å². The van der Waals surface area contributed by atoms with Crippen LogP contribution >= 0.6 is 0 Å². The van der Waals surface area contributed by atoms with Crippen molar-refractivity contribution in [3.8, 4) is 44.5 Å². The lowest BCUT2D eigenvalue weighted by molar-refractivity contribution is 1.58. The predicted octanol–water partition coefficient (Wildman–Crippen LogP) is 11.8. The molecule has 0 nitrogen and oxygen atoms in total. The van der Waals surface area contributed by atoms with Crippen molar-refractivity contribution in [3.05, 3.63) is 170 Å². The van der Waals surface area contributed by atoms with Gasteiger partial charge in [0.25, 0.3) is 0 Å². The molecule has 0 saturated heterocycles. The first-order chi connectivity index (χ1) is 20.8. The molecule has 0 atom stereocenters. The highest BCUT2D eigenvalue weighted by molar-refractivity contribution is 6.23. The van der Waals surface area contributed by atoms with Gasteiger partial charge in [-0.1, -0.05) is 158 Å². The summed E-state index contributed by atoms with van der Waals surface area (Å²) in [5.41, 5.74) is 9.99. The van der Waals surface area contributed by atoms with Crippen LogP contribution in [0.3, 0.4) is 0 Å². The van der Waals surface area contributed by atoms with Crippen LogP contribution in [-0.2, 0) is 0 Å². The number of fused-ring (bicyclic) bond motifs is 3. The molecule has 0 N–H and O–H groups in total. The van der Waals surface area contributed by atoms with Crippen LogP contribution in [0.1, 0.15) is 0 Å². The zero-order valence-electron chi connectivity index (χ0n) is 23.2. The van der Waals surface area contributed by atoms with Crippen molar-refractivity contribution >= 4 is 32.3 Å². The van der Waals surface area contributed by atoms with Crippen molar-refractivity contribution in [2.75, 3.05) is 0 Å². The smallest absolute Gasteiger partial charge is 0.00201 e. The van der Waals surface area contributed by atoms with Crippen LogP contribution in [0.2, 0.25) is 0 Å². The molecule has 42 heavy (non-hydrogen) atoms. The van der Waals surface area contributed by atoms with Gasteiger partial charge in [-0.05, 0) is 89.0 Å². The molecule has 0 spiro atoms. The van der Waals surface area contributed by atoms with E-state index in [1.54, 1.807) is 0 Å². The third-order valence-corrected chi connectivity index (χ3v) is 8.44. The van der Waals surface area contributed by atoms with Gasteiger partial charge in [-0.15, -0.1) is 0 Å². The highest BCUT2D eigenvalue weighted by Gasteiger charge is 2.18. The van der Waals surface area contributed by atoms with Gasteiger partial charge in [-0.25, -0.2) is 0 Å². The summed E-state index contributed by atoms with van der Waals surface area (Å²) in [5.74, 6) is 0. The third kappa shape index (κ3) is 4.08. The van der Waals surface area contributed by atoms with E-state index in [1.165, 1.54) is 76.8 Å². The fourth-order valence-corrected chi connectivity index (χ4v) is 6.54. The summed E-state index contributed by atoms with van der Waals surface area (Å²) in [5, 5.41) is 7.64. The summed E-state index contributed by atoms with van der Waals surface area (Å²) in [4.78, 5) is 0. The van der Waals surface area contributed by atoms with Crippen LogP contribution in [0, 0.1) is 0 Å². The minimum Gasteiger partial charge on any atom is -0.0622 e. The molecular weight excluding hydrogens is 504 g/mol. The number of hydrogen-bond acceptors (Lipinski definition) is 0. The maximum absolute atomic E-state index is 2.36. The first-order valence-corrected chi connectivity index (χ1v) is 14.5. The lowest BCUT2D eigenvalue weighted by atomic mass is 9.84. The maximum atomic E-state index is 2.36. The van der Waals surface area contributed by atoms with E-state index in [4.69, 9.17) is 0 Å². The van der Waals surface area contributed by atoms with E-state index >= 15 is 0 Å². The summed E-state index contributed by atoms with van der Waals surface area (Å²) in [6.45, 7) is 0. The molecule has 0 saturated carbocycles. The Hall–Kier alpha value is -5.46. The zero-order valence-corrected chi connectivity index (χ0v) is 23.2. The van der Waals surface area contributed by atoms with Crippen molar-refractivity contribution < 1.29 is 0 Å². The Morgan fingerprint density at radius 2 is 0.643 bits per heavy atom. The molecule has 8 rings (SSSR count). The topological polar surface area (TPSA) is 0 Å². The second kappa shape index (κ2) is 10.2. The molecule has 0 bridgehead atoms. The van der Waals surface area contributed by atoms with Gasteiger partial charge in [0.2, 0.25) is 0 Å². The van der Waals surface area contributed by atoms with Gasteiger partial charge in [0.05, 0.1) is 0 Å². The van der Waals surface area contributed by atoms with Crippen LogP contribution in [0.4, 0.5) is 0 Å². The average molecular weight is 533 g/mol. The van der Waals surface area contributed by atoms with Crippen molar-refractivity contribution in [2.24, 2.45) is 0 Å². The molecule has 0 heteroatoms. The van der Waals surface area contributed by atoms with E-state index in [0.717, 1.165) is 0 Å². The standard InChI is InChI=1S/C42H28/c1-2-13-29(14-3-1)31-17-10-18-32(27-31)33-19-11-20-34(28-33)41-37-22-6-8-24-39(37)42(40-25-9-7-23-38(40)41)36-26-12-16-30-15-4-5-21-35(30)36/h1-28H. The maximum Gasteiger partial charge on any atom is -0.00201 e. The van der Waals surface area contributed by atoms with Crippen molar-refractivity contribution in [2.45, 2.75) is 0 Å². The van der Waals surface area contributed by atoms with Crippen LogP contribution in [0.15, 0.2) is 170 Å². The van der Waals surface area contributed by atoms with Gasteiger partial charge in [0.15, 0.2) is 0 Å².